The van der Waals surface area contributed by atoms with Gasteiger partial charge in [-0.05, 0) is 19.1 Å². The van der Waals surface area contributed by atoms with E-state index in [-0.39, 0.29) is 16.9 Å². The molecule has 0 heterocycles. The van der Waals surface area contributed by atoms with Gasteiger partial charge in [-0.2, -0.15) is 0 Å². The summed E-state index contributed by atoms with van der Waals surface area (Å²) in [5.41, 5.74) is 1.73. The molecule has 1 rings (SSSR count). The molecule has 80 valence electrons. The van der Waals surface area contributed by atoms with Crippen LogP contribution >= 0.6 is 0 Å². The Kier molecular flexibility index (Phi) is 3.41. The number of nitrogens with one attached hydrogen (secondary N) is 1. The summed E-state index contributed by atoms with van der Waals surface area (Å²) in [6, 6.07) is 4.57. The van der Waals surface area contributed by atoms with Crippen LogP contribution in [0.25, 0.3) is 0 Å². The van der Waals surface area contributed by atoms with Crippen molar-refractivity contribution in [2.45, 2.75) is 6.92 Å². The van der Waals surface area contributed by atoms with E-state index in [2.05, 4.69) is 0 Å². The first-order chi connectivity index (χ1) is 7.11. The maximum atomic E-state index is 11.3. The zero-order chi connectivity index (χ0) is 11.4. The first-order valence-electron chi connectivity index (χ1n) is 4.24. The van der Waals surface area contributed by atoms with E-state index in [9.17, 15) is 9.59 Å². The Hall–Kier alpha value is -1.88. The molecule has 0 aliphatic carbocycles. The SMILES string of the molecule is COc1cccc(C(=O)NO)c1C(C)=O. The minimum Gasteiger partial charge on any atom is -0.496 e. The molecule has 0 radical (unpaired) electrons. The Morgan fingerprint density at radius 1 is 1.40 bits per heavy atom. The van der Waals surface area contributed by atoms with Crippen LogP contribution in [0.4, 0.5) is 0 Å². The van der Waals surface area contributed by atoms with Crippen molar-refractivity contribution < 1.29 is 19.5 Å². The molecule has 0 saturated heterocycles. The van der Waals surface area contributed by atoms with Crippen LogP contribution < -0.4 is 10.2 Å². The summed E-state index contributed by atoms with van der Waals surface area (Å²) in [6.45, 7) is 1.33. The first-order valence-corrected chi connectivity index (χ1v) is 4.24. The molecule has 0 aliphatic heterocycles. The molecule has 0 aliphatic rings. The van der Waals surface area contributed by atoms with Crippen LogP contribution in [0.1, 0.15) is 27.6 Å². The standard InChI is InChI=1S/C10H11NO4/c1-6(12)9-7(10(13)11-14)4-3-5-8(9)15-2/h3-5,14H,1-2H3,(H,11,13). The van der Waals surface area contributed by atoms with E-state index in [4.69, 9.17) is 9.94 Å². The predicted octanol–water partition coefficient (Wildman–Crippen LogP) is 1.02. The van der Waals surface area contributed by atoms with Gasteiger partial charge >= 0.3 is 0 Å². The van der Waals surface area contributed by atoms with E-state index in [0.29, 0.717) is 5.75 Å². The number of rotatable bonds is 3. The van der Waals surface area contributed by atoms with E-state index >= 15 is 0 Å². The van der Waals surface area contributed by atoms with Gasteiger partial charge in [0.05, 0.1) is 18.2 Å². The van der Waals surface area contributed by atoms with Crippen LogP contribution in [0.3, 0.4) is 0 Å². The smallest absolute Gasteiger partial charge is 0.275 e. The summed E-state index contributed by atoms with van der Waals surface area (Å²) in [7, 11) is 1.41. The number of hydrogen-bond donors (Lipinski definition) is 2. The predicted molar refractivity (Wildman–Crippen MR) is 52.3 cm³/mol. The molecule has 1 amide bonds. The number of ketones is 1. The van der Waals surface area contributed by atoms with Crippen LogP contribution in [0, 0.1) is 0 Å². The molecule has 0 fully saturated rings. The van der Waals surface area contributed by atoms with Crippen LogP contribution in [-0.4, -0.2) is 24.0 Å². The third-order valence-corrected chi connectivity index (χ3v) is 1.94. The van der Waals surface area contributed by atoms with Crippen LogP contribution in [0.5, 0.6) is 5.75 Å². The normalized spacial score (nSPS) is 9.53. The number of Topliss-reactive ketones (excluding diaryl/α,β-unsaturated/α-hetero) is 1. The Bertz CT molecular complexity index is 400. The van der Waals surface area contributed by atoms with Crippen molar-refractivity contribution in [1.29, 1.82) is 0 Å². The minimum atomic E-state index is -0.737. The molecular formula is C10H11NO4. The molecule has 15 heavy (non-hydrogen) atoms. The Labute approximate surface area is 86.6 Å². The van der Waals surface area contributed by atoms with Gasteiger partial charge in [0.25, 0.3) is 5.91 Å². The van der Waals surface area contributed by atoms with Gasteiger partial charge in [0.2, 0.25) is 0 Å². The second kappa shape index (κ2) is 4.56. The average molecular weight is 209 g/mol. The van der Waals surface area contributed by atoms with Gasteiger partial charge in [-0.15, -0.1) is 0 Å². The highest BCUT2D eigenvalue weighted by Gasteiger charge is 2.18. The summed E-state index contributed by atoms with van der Waals surface area (Å²) < 4.78 is 4.96. The first kappa shape index (κ1) is 11.2. The van der Waals surface area contributed by atoms with Crippen molar-refractivity contribution in [1.82, 2.24) is 5.48 Å². The van der Waals surface area contributed by atoms with Crippen molar-refractivity contribution in [2.24, 2.45) is 0 Å². The Morgan fingerprint density at radius 3 is 2.53 bits per heavy atom. The molecule has 0 unspecified atom stereocenters. The Morgan fingerprint density at radius 2 is 2.07 bits per heavy atom. The van der Waals surface area contributed by atoms with Crippen molar-refractivity contribution >= 4 is 11.7 Å². The molecule has 0 saturated carbocycles. The zero-order valence-corrected chi connectivity index (χ0v) is 8.40. The monoisotopic (exact) mass is 209 g/mol. The fraction of sp³-hybridized carbons (Fsp3) is 0.200. The molecule has 0 bridgehead atoms. The number of methoxy groups -OCH3 is 1. The fourth-order valence-corrected chi connectivity index (χ4v) is 1.31. The van der Waals surface area contributed by atoms with E-state index in [1.54, 1.807) is 12.1 Å². The van der Waals surface area contributed by atoms with Crippen LogP contribution in [-0.2, 0) is 0 Å². The Balaban J connectivity index is 3.38. The molecular weight excluding hydrogens is 198 g/mol. The largest absolute Gasteiger partial charge is 0.496 e. The number of benzene rings is 1. The van der Waals surface area contributed by atoms with E-state index in [0.717, 1.165) is 0 Å². The van der Waals surface area contributed by atoms with Crippen molar-refractivity contribution in [3.8, 4) is 5.75 Å². The molecule has 0 atom stereocenters. The van der Waals surface area contributed by atoms with Gasteiger partial charge < -0.3 is 4.74 Å². The summed E-state index contributed by atoms with van der Waals surface area (Å²) in [4.78, 5) is 22.6. The van der Waals surface area contributed by atoms with Gasteiger partial charge in [-0.1, -0.05) is 6.07 Å². The molecule has 5 nitrogen and oxygen atoms in total. The summed E-state index contributed by atoms with van der Waals surface area (Å²) in [6.07, 6.45) is 0. The molecule has 0 spiro atoms. The maximum Gasteiger partial charge on any atom is 0.275 e. The highest BCUT2D eigenvalue weighted by molar-refractivity contribution is 6.08. The lowest BCUT2D eigenvalue weighted by atomic mass is 10.0. The van der Waals surface area contributed by atoms with E-state index in [1.807, 2.05) is 0 Å². The van der Waals surface area contributed by atoms with Crippen molar-refractivity contribution in [3.05, 3.63) is 29.3 Å². The zero-order valence-electron chi connectivity index (χ0n) is 8.40. The third kappa shape index (κ3) is 2.13. The van der Waals surface area contributed by atoms with Gasteiger partial charge in [-0.3, -0.25) is 14.8 Å². The third-order valence-electron chi connectivity index (χ3n) is 1.94. The average Bonchev–Trinajstić information content (AvgIpc) is 2.26. The van der Waals surface area contributed by atoms with E-state index < -0.39 is 5.91 Å². The topological polar surface area (TPSA) is 75.6 Å². The second-order valence-electron chi connectivity index (χ2n) is 2.88. The summed E-state index contributed by atoms with van der Waals surface area (Å²) in [5, 5.41) is 8.51. The molecule has 0 aromatic heterocycles. The fourth-order valence-electron chi connectivity index (χ4n) is 1.31. The van der Waals surface area contributed by atoms with Gasteiger partial charge in [-0.25, -0.2) is 5.48 Å². The van der Waals surface area contributed by atoms with Crippen LogP contribution in [0.15, 0.2) is 18.2 Å². The maximum absolute atomic E-state index is 11.3. The van der Waals surface area contributed by atoms with Gasteiger partial charge in [0.15, 0.2) is 5.78 Å². The second-order valence-corrected chi connectivity index (χ2v) is 2.88. The molecule has 2 N–H and O–H groups in total. The minimum absolute atomic E-state index is 0.0874. The van der Waals surface area contributed by atoms with Crippen molar-refractivity contribution in [2.75, 3.05) is 7.11 Å². The summed E-state index contributed by atoms with van der Waals surface area (Å²) >= 11 is 0. The lowest BCUT2D eigenvalue weighted by Gasteiger charge is -2.09. The molecule has 1 aromatic carbocycles. The number of hydroxylamine groups is 1. The summed E-state index contributed by atoms with van der Waals surface area (Å²) in [5.74, 6) is -0.728. The van der Waals surface area contributed by atoms with Crippen LogP contribution in [0.2, 0.25) is 0 Å². The number of amides is 1. The number of ether oxygens (including phenoxy) is 1. The molecule has 1 aromatic rings. The number of carbonyl (C=O) groups excluding carboxylic acids is 2. The number of carbonyl (C=O) groups is 2. The van der Waals surface area contributed by atoms with Gasteiger partial charge in [0, 0.05) is 0 Å². The quantitative estimate of drug-likeness (QED) is 0.442. The lowest BCUT2D eigenvalue weighted by molar-refractivity contribution is 0.0702. The number of hydrogen-bond acceptors (Lipinski definition) is 4. The highest BCUT2D eigenvalue weighted by atomic mass is 16.5. The van der Waals surface area contributed by atoms with Gasteiger partial charge in [0.1, 0.15) is 5.75 Å². The highest BCUT2D eigenvalue weighted by Crippen LogP contribution is 2.22. The molecule has 5 heteroatoms. The lowest BCUT2D eigenvalue weighted by Crippen LogP contribution is -2.21. The van der Waals surface area contributed by atoms with Crippen molar-refractivity contribution in [3.63, 3.8) is 0 Å². The van der Waals surface area contributed by atoms with E-state index in [1.165, 1.54) is 25.6 Å².